The summed E-state index contributed by atoms with van der Waals surface area (Å²) in [6, 6.07) is 3.51. The minimum Gasteiger partial charge on any atom is -0.445 e. The lowest BCUT2D eigenvalue weighted by Gasteiger charge is -1.99. The topological polar surface area (TPSA) is 65.2 Å². The Hall–Kier alpha value is -1.58. The maximum atomic E-state index is 10.2. The molecule has 0 bridgehead atoms. The first-order chi connectivity index (χ1) is 5.29. The molecular formula is C7H8N2O2. The van der Waals surface area contributed by atoms with E-state index in [1.807, 2.05) is 0 Å². The highest BCUT2D eigenvalue weighted by molar-refractivity contribution is 5.64. The van der Waals surface area contributed by atoms with Gasteiger partial charge in [0, 0.05) is 12.4 Å². The van der Waals surface area contributed by atoms with Crippen molar-refractivity contribution >= 4 is 6.09 Å². The number of nitrogens with zero attached hydrogens (tertiary/aromatic N) is 1. The van der Waals surface area contributed by atoms with E-state index in [1.54, 1.807) is 24.5 Å². The first-order valence-electron chi connectivity index (χ1n) is 3.10. The second-order valence-electron chi connectivity index (χ2n) is 1.96. The lowest BCUT2D eigenvalue weighted by Crippen LogP contribution is -2.12. The van der Waals surface area contributed by atoms with Crippen LogP contribution in [0.4, 0.5) is 4.79 Å². The van der Waals surface area contributed by atoms with Crippen molar-refractivity contribution in [2.24, 2.45) is 5.73 Å². The van der Waals surface area contributed by atoms with Crippen LogP contribution >= 0.6 is 0 Å². The number of aromatic nitrogens is 1. The van der Waals surface area contributed by atoms with E-state index >= 15 is 0 Å². The van der Waals surface area contributed by atoms with Crippen molar-refractivity contribution < 1.29 is 9.53 Å². The minimum absolute atomic E-state index is 0.206. The van der Waals surface area contributed by atoms with Crippen LogP contribution in [0.5, 0.6) is 0 Å². The molecule has 1 aromatic heterocycles. The number of rotatable bonds is 2. The fourth-order valence-corrected chi connectivity index (χ4v) is 0.633. The van der Waals surface area contributed by atoms with Gasteiger partial charge in [0.2, 0.25) is 0 Å². The van der Waals surface area contributed by atoms with Crippen LogP contribution in [-0.2, 0) is 11.3 Å². The molecule has 0 fully saturated rings. The summed E-state index contributed by atoms with van der Waals surface area (Å²) < 4.78 is 4.54. The lowest BCUT2D eigenvalue weighted by molar-refractivity contribution is 0.150. The van der Waals surface area contributed by atoms with Crippen LogP contribution in [0.25, 0.3) is 0 Å². The van der Waals surface area contributed by atoms with Gasteiger partial charge in [0.15, 0.2) is 0 Å². The molecule has 11 heavy (non-hydrogen) atoms. The predicted octanol–water partition coefficient (Wildman–Crippen LogP) is 0.677. The van der Waals surface area contributed by atoms with Crippen LogP contribution in [0.15, 0.2) is 24.5 Å². The van der Waals surface area contributed by atoms with Gasteiger partial charge in [0.05, 0.1) is 0 Å². The molecule has 4 heteroatoms. The fourth-order valence-electron chi connectivity index (χ4n) is 0.633. The van der Waals surface area contributed by atoms with Crippen molar-refractivity contribution in [3.63, 3.8) is 0 Å². The van der Waals surface area contributed by atoms with Gasteiger partial charge in [-0.05, 0) is 17.7 Å². The summed E-state index contributed by atoms with van der Waals surface area (Å²) >= 11 is 0. The molecule has 0 atom stereocenters. The van der Waals surface area contributed by atoms with Crippen LogP contribution in [0.3, 0.4) is 0 Å². The van der Waals surface area contributed by atoms with Crippen LogP contribution in [0.2, 0.25) is 0 Å². The van der Waals surface area contributed by atoms with Crippen molar-refractivity contribution in [3.05, 3.63) is 30.1 Å². The van der Waals surface area contributed by atoms with Gasteiger partial charge < -0.3 is 10.5 Å². The maximum Gasteiger partial charge on any atom is 0.404 e. The highest BCUT2D eigenvalue weighted by atomic mass is 16.5. The summed E-state index contributed by atoms with van der Waals surface area (Å²) in [6.45, 7) is 0.206. The van der Waals surface area contributed by atoms with E-state index in [1.165, 1.54) is 0 Å². The van der Waals surface area contributed by atoms with Gasteiger partial charge in [-0.25, -0.2) is 4.79 Å². The summed E-state index contributed by atoms with van der Waals surface area (Å²) in [6.07, 6.45) is 2.49. The number of hydrogen-bond acceptors (Lipinski definition) is 3. The monoisotopic (exact) mass is 152 g/mol. The van der Waals surface area contributed by atoms with Crippen molar-refractivity contribution in [1.29, 1.82) is 0 Å². The summed E-state index contributed by atoms with van der Waals surface area (Å²) in [5.74, 6) is 0. The van der Waals surface area contributed by atoms with Crippen LogP contribution in [-0.4, -0.2) is 11.1 Å². The van der Waals surface area contributed by atoms with E-state index in [2.05, 4.69) is 9.72 Å². The molecule has 0 saturated heterocycles. The third-order valence-corrected chi connectivity index (χ3v) is 1.13. The quantitative estimate of drug-likeness (QED) is 0.677. The van der Waals surface area contributed by atoms with E-state index in [0.29, 0.717) is 0 Å². The fraction of sp³-hybridized carbons (Fsp3) is 0.143. The average molecular weight is 152 g/mol. The lowest BCUT2D eigenvalue weighted by atomic mass is 10.3. The van der Waals surface area contributed by atoms with E-state index < -0.39 is 6.09 Å². The van der Waals surface area contributed by atoms with Crippen molar-refractivity contribution in [2.45, 2.75) is 6.61 Å². The van der Waals surface area contributed by atoms with Gasteiger partial charge in [0.25, 0.3) is 0 Å². The number of nitrogens with two attached hydrogens (primary N) is 1. The second kappa shape index (κ2) is 3.55. The van der Waals surface area contributed by atoms with Crippen LogP contribution in [0.1, 0.15) is 5.56 Å². The summed E-state index contributed by atoms with van der Waals surface area (Å²) in [4.78, 5) is 14.0. The molecule has 0 unspecified atom stereocenters. The Morgan fingerprint density at radius 2 is 2.18 bits per heavy atom. The molecule has 0 saturated carbocycles. The summed E-state index contributed by atoms with van der Waals surface area (Å²) in [5.41, 5.74) is 5.64. The third-order valence-electron chi connectivity index (χ3n) is 1.13. The molecule has 0 radical (unpaired) electrons. The van der Waals surface area contributed by atoms with Gasteiger partial charge in [0.1, 0.15) is 6.61 Å². The number of hydrogen-bond donors (Lipinski definition) is 1. The Balaban J connectivity index is 2.45. The highest BCUT2D eigenvalue weighted by Crippen LogP contribution is 1.97. The number of amides is 1. The zero-order valence-corrected chi connectivity index (χ0v) is 5.86. The summed E-state index contributed by atoms with van der Waals surface area (Å²) in [5, 5.41) is 0. The molecule has 1 rings (SSSR count). The largest absolute Gasteiger partial charge is 0.445 e. The Morgan fingerprint density at radius 3 is 2.73 bits per heavy atom. The zero-order valence-electron chi connectivity index (χ0n) is 5.86. The third kappa shape index (κ3) is 2.66. The van der Waals surface area contributed by atoms with E-state index in [-0.39, 0.29) is 6.61 Å². The van der Waals surface area contributed by atoms with E-state index in [0.717, 1.165) is 5.56 Å². The second-order valence-corrected chi connectivity index (χ2v) is 1.96. The van der Waals surface area contributed by atoms with Crippen molar-refractivity contribution in [2.75, 3.05) is 0 Å². The van der Waals surface area contributed by atoms with Gasteiger partial charge >= 0.3 is 6.09 Å². The minimum atomic E-state index is -0.762. The molecule has 0 aliphatic heterocycles. The first kappa shape index (κ1) is 7.53. The molecule has 0 aromatic carbocycles. The Morgan fingerprint density at radius 1 is 1.55 bits per heavy atom. The maximum absolute atomic E-state index is 10.2. The van der Waals surface area contributed by atoms with Crippen LogP contribution < -0.4 is 5.73 Å². The number of pyridine rings is 1. The molecule has 1 amide bonds. The number of carbonyl (C=O) groups is 1. The average Bonchev–Trinajstić information content (AvgIpc) is 2.03. The van der Waals surface area contributed by atoms with Crippen LogP contribution in [0, 0.1) is 0 Å². The first-order valence-corrected chi connectivity index (χ1v) is 3.10. The SMILES string of the molecule is NC(=O)OCc1ccncc1. The molecule has 0 spiro atoms. The predicted molar refractivity (Wildman–Crippen MR) is 38.6 cm³/mol. The normalized spacial score (nSPS) is 9.09. The molecule has 0 aliphatic rings. The van der Waals surface area contributed by atoms with Gasteiger partial charge in [-0.1, -0.05) is 0 Å². The van der Waals surface area contributed by atoms with Gasteiger partial charge in [-0.3, -0.25) is 4.98 Å². The van der Waals surface area contributed by atoms with Gasteiger partial charge in [-0.15, -0.1) is 0 Å². The van der Waals surface area contributed by atoms with Crippen molar-refractivity contribution in [3.8, 4) is 0 Å². The molecule has 1 aromatic rings. The molecular weight excluding hydrogens is 144 g/mol. The molecule has 0 aliphatic carbocycles. The number of primary amides is 1. The molecule has 4 nitrogen and oxygen atoms in total. The molecule has 1 heterocycles. The number of carbonyl (C=O) groups excluding carboxylic acids is 1. The molecule has 58 valence electrons. The van der Waals surface area contributed by atoms with E-state index in [9.17, 15) is 4.79 Å². The standard InChI is InChI=1S/C7H8N2O2/c8-7(10)11-5-6-1-3-9-4-2-6/h1-4H,5H2,(H2,8,10). The summed E-state index contributed by atoms with van der Waals surface area (Å²) in [7, 11) is 0. The molecule has 2 N–H and O–H groups in total. The van der Waals surface area contributed by atoms with E-state index in [4.69, 9.17) is 5.73 Å². The van der Waals surface area contributed by atoms with Gasteiger partial charge in [-0.2, -0.15) is 0 Å². The Bertz CT molecular complexity index is 235. The highest BCUT2D eigenvalue weighted by Gasteiger charge is 1.94. The number of ether oxygens (including phenoxy) is 1. The smallest absolute Gasteiger partial charge is 0.404 e. The zero-order chi connectivity index (χ0) is 8.10. The Labute approximate surface area is 64.0 Å². The van der Waals surface area contributed by atoms with Crippen molar-refractivity contribution in [1.82, 2.24) is 4.98 Å². The Kier molecular flexibility index (Phi) is 2.43.